The van der Waals surface area contributed by atoms with Crippen molar-refractivity contribution in [3.63, 3.8) is 0 Å². The maximum Gasteiger partial charge on any atom is 0.275 e. The van der Waals surface area contributed by atoms with Crippen LogP contribution in [0.4, 0.5) is 22.9 Å². The number of aryl methyl sites for hydroxylation is 2. The second-order valence-electron chi connectivity index (χ2n) is 6.63. The zero-order chi connectivity index (χ0) is 19.4. The first-order valence-corrected chi connectivity index (χ1v) is 8.67. The predicted octanol–water partition coefficient (Wildman–Crippen LogP) is 4.16. The van der Waals surface area contributed by atoms with Gasteiger partial charge in [0.25, 0.3) is 5.91 Å². The van der Waals surface area contributed by atoms with Gasteiger partial charge in [0.2, 0.25) is 0 Å². The van der Waals surface area contributed by atoms with E-state index in [0.717, 1.165) is 28.2 Å². The van der Waals surface area contributed by atoms with Crippen molar-refractivity contribution in [3.8, 4) is 0 Å². The number of nitrogens with zero attached hydrogens (tertiary/aromatic N) is 3. The minimum Gasteiger partial charge on any atom is -0.378 e. The minimum atomic E-state index is -0.281. The predicted molar refractivity (Wildman–Crippen MR) is 110 cm³/mol. The number of amides is 1. The summed E-state index contributed by atoms with van der Waals surface area (Å²) in [6.45, 7) is 3.98. The number of hydrogen-bond acceptors (Lipinski definition) is 5. The monoisotopic (exact) mass is 361 g/mol. The largest absolute Gasteiger partial charge is 0.378 e. The summed E-state index contributed by atoms with van der Waals surface area (Å²) in [5, 5.41) is 6.05. The first-order chi connectivity index (χ1) is 12.9. The molecule has 27 heavy (non-hydrogen) atoms. The van der Waals surface area contributed by atoms with Crippen LogP contribution in [0.3, 0.4) is 0 Å². The highest BCUT2D eigenvalue weighted by Gasteiger charge is 2.10. The van der Waals surface area contributed by atoms with E-state index in [-0.39, 0.29) is 11.6 Å². The molecule has 6 nitrogen and oxygen atoms in total. The molecule has 138 valence electrons. The number of aromatic nitrogens is 2. The summed E-state index contributed by atoms with van der Waals surface area (Å²) in [7, 11) is 3.99. The van der Waals surface area contributed by atoms with Crippen molar-refractivity contribution < 1.29 is 4.79 Å². The summed E-state index contributed by atoms with van der Waals surface area (Å²) in [6.07, 6.45) is 3.02. The highest BCUT2D eigenvalue weighted by molar-refractivity contribution is 6.03. The fourth-order valence-corrected chi connectivity index (χ4v) is 2.64. The number of anilines is 4. The SMILES string of the molecule is Cc1ccc(NC(=O)c2cnc(Nc3ccc(N(C)C)cc3)cn2)c(C)c1. The number of rotatable bonds is 5. The van der Waals surface area contributed by atoms with Gasteiger partial charge in [0.1, 0.15) is 11.5 Å². The Hall–Kier alpha value is -3.41. The Bertz CT molecular complexity index is 934. The average Bonchev–Trinajstić information content (AvgIpc) is 2.65. The number of carbonyl (C=O) groups is 1. The third-order valence-corrected chi connectivity index (χ3v) is 4.17. The van der Waals surface area contributed by atoms with Gasteiger partial charge >= 0.3 is 0 Å². The zero-order valence-corrected chi connectivity index (χ0v) is 15.9. The van der Waals surface area contributed by atoms with Gasteiger partial charge in [-0.3, -0.25) is 4.79 Å². The van der Waals surface area contributed by atoms with Gasteiger partial charge in [-0.15, -0.1) is 0 Å². The van der Waals surface area contributed by atoms with Crippen LogP contribution in [0.1, 0.15) is 21.6 Å². The van der Waals surface area contributed by atoms with E-state index in [1.807, 2.05) is 75.3 Å². The third kappa shape index (κ3) is 4.61. The fourth-order valence-electron chi connectivity index (χ4n) is 2.64. The van der Waals surface area contributed by atoms with Crippen molar-refractivity contribution in [2.45, 2.75) is 13.8 Å². The van der Waals surface area contributed by atoms with Crippen LogP contribution < -0.4 is 15.5 Å². The van der Waals surface area contributed by atoms with Crippen molar-refractivity contribution in [1.29, 1.82) is 0 Å². The first-order valence-electron chi connectivity index (χ1n) is 8.67. The summed E-state index contributed by atoms with van der Waals surface area (Å²) in [5.74, 6) is 0.298. The zero-order valence-electron chi connectivity index (χ0n) is 15.9. The molecule has 3 aromatic rings. The van der Waals surface area contributed by atoms with Crippen LogP contribution >= 0.6 is 0 Å². The molecule has 1 amide bonds. The maximum atomic E-state index is 12.4. The van der Waals surface area contributed by atoms with Crippen LogP contribution in [-0.2, 0) is 0 Å². The molecule has 0 saturated carbocycles. The molecule has 0 bridgehead atoms. The molecule has 0 unspecified atom stereocenters. The van der Waals surface area contributed by atoms with Crippen LogP contribution in [0.25, 0.3) is 0 Å². The van der Waals surface area contributed by atoms with E-state index in [2.05, 4.69) is 20.6 Å². The molecule has 0 aliphatic carbocycles. The lowest BCUT2D eigenvalue weighted by Gasteiger charge is -2.13. The van der Waals surface area contributed by atoms with Crippen LogP contribution in [0.2, 0.25) is 0 Å². The van der Waals surface area contributed by atoms with E-state index in [0.29, 0.717) is 5.82 Å². The molecule has 2 aromatic carbocycles. The lowest BCUT2D eigenvalue weighted by Crippen LogP contribution is -2.15. The molecule has 0 atom stereocenters. The normalized spacial score (nSPS) is 10.4. The number of carbonyl (C=O) groups excluding carboxylic acids is 1. The maximum absolute atomic E-state index is 12.4. The van der Waals surface area contributed by atoms with Crippen LogP contribution in [0.15, 0.2) is 54.9 Å². The molecule has 2 N–H and O–H groups in total. The average molecular weight is 361 g/mol. The van der Waals surface area contributed by atoms with Gasteiger partial charge in [0.05, 0.1) is 12.4 Å². The van der Waals surface area contributed by atoms with Crippen molar-refractivity contribution in [2.75, 3.05) is 29.6 Å². The molecule has 1 aromatic heterocycles. The van der Waals surface area contributed by atoms with Crippen LogP contribution in [0, 0.1) is 13.8 Å². The van der Waals surface area contributed by atoms with E-state index in [1.165, 1.54) is 6.20 Å². The lowest BCUT2D eigenvalue weighted by atomic mass is 10.1. The highest BCUT2D eigenvalue weighted by atomic mass is 16.1. The number of hydrogen-bond donors (Lipinski definition) is 2. The fraction of sp³-hybridized carbons (Fsp3) is 0.190. The van der Waals surface area contributed by atoms with Gasteiger partial charge in [-0.05, 0) is 49.7 Å². The Labute approximate surface area is 159 Å². The summed E-state index contributed by atoms with van der Waals surface area (Å²) >= 11 is 0. The van der Waals surface area contributed by atoms with E-state index in [9.17, 15) is 4.79 Å². The van der Waals surface area contributed by atoms with Gasteiger partial charge in [0.15, 0.2) is 0 Å². The van der Waals surface area contributed by atoms with E-state index >= 15 is 0 Å². The molecule has 3 rings (SSSR count). The van der Waals surface area contributed by atoms with Crippen LogP contribution in [0.5, 0.6) is 0 Å². The lowest BCUT2D eigenvalue weighted by molar-refractivity contribution is 0.102. The quantitative estimate of drug-likeness (QED) is 0.714. The highest BCUT2D eigenvalue weighted by Crippen LogP contribution is 2.19. The standard InChI is InChI=1S/C21H23N5O/c1-14-5-10-18(15(2)11-14)25-21(27)19-12-23-20(13-22-19)24-16-6-8-17(9-7-16)26(3)4/h5-13H,1-4H3,(H,23,24)(H,25,27). The molecule has 0 fully saturated rings. The minimum absolute atomic E-state index is 0.267. The Morgan fingerprint density at radius 3 is 2.30 bits per heavy atom. The Morgan fingerprint density at radius 2 is 1.70 bits per heavy atom. The van der Waals surface area contributed by atoms with Gasteiger partial charge in [-0.1, -0.05) is 17.7 Å². The molecule has 0 saturated heterocycles. The van der Waals surface area contributed by atoms with Gasteiger partial charge in [-0.2, -0.15) is 0 Å². The van der Waals surface area contributed by atoms with Crippen LogP contribution in [-0.4, -0.2) is 30.0 Å². The van der Waals surface area contributed by atoms with Crippen molar-refractivity contribution in [1.82, 2.24) is 9.97 Å². The Balaban J connectivity index is 1.66. The molecule has 1 heterocycles. The van der Waals surface area contributed by atoms with E-state index < -0.39 is 0 Å². The number of nitrogens with one attached hydrogen (secondary N) is 2. The number of benzene rings is 2. The molecule has 0 aliphatic rings. The smallest absolute Gasteiger partial charge is 0.275 e. The topological polar surface area (TPSA) is 70.2 Å². The molecule has 0 aliphatic heterocycles. The second kappa shape index (κ2) is 7.86. The molecular weight excluding hydrogens is 338 g/mol. The van der Waals surface area contributed by atoms with Gasteiger partial charge < -0.3 is 15.5 Å². The van der Waals surface area contributed by atoms with Gasteiger partial charge in [0, 0.05) is 31.2 Å². The van der Waals surface area contributed by atoms with Crippen molar-refractivity contribution in [3.05, 3.63) is 71.7 Å². The Morgan fingerprint density at radius 1 is 0.963 bits per heavy atom. The summed E-state index contributed by atoms with van der Waals surface area (Å²) in [4.78, 5) is 22.9. The van der Waals surface area contributed by atoms with Crippen molar-refractivity contribution >= 4 is 28.8 Å². The van der Waals surface area contributed by atoms with Crippen molar-refractivity contribution in [2.24, 2.45) is 0 Å². The van der Waals surface area contributed by atoms with Gasteiger partial charge in [-0.25, -0.2) is 9.97 Å². The summed E-state index contributed by atoms with van der Waals surface area (Å²) in [6, 6.07) is 13.8. The van der Waals surface area contributed by atoms with E-state index in [1.54, 1.807) is 6.20 Å². The first kappa shape index (κ1) is 18.4. The molecule has 0 spiro atoms. The summed E-state index contributed by atoms with van der Waals surface area (Å²) < 4.78 is 0. The third-order valence-electron chi connectivity index (χ3n) is 4.17. The molecule has 0 radical (unpaired) electrons. The molecule has 6 heteroatoms. The van der Waals surface area contributed by atoms with E-state index in [4.69, 9.17) is 0 Å². The second-order valence-corrected chi connectivity index (χ2v) is 6.63. The Kier molecular flexibility index (Phi) is 5.35. The summed E-state index contributed by atoms with van der Waals surface area (Å²) in [5.41, 5.74) is 5.22. The molecular formula is C21H23N5O.